The zero-order valence-corrected chi connectivity index (χ0v) is 12.7. The number of halogens is 2. The Hall–Kier alpha value is -2.81. The smallest absolute Gasteiger partial charge is 0.277 e. The molecule has 4 N–H and O–H groups in total. The van der Waals surface area contributed by atoms with Crippen molar-refractivity contribution >= 4 is 27.9 Å². The molecule has 0 saturated heterocycles. The van der Waals surface area contributed by atoms with Crippen molar-refractivity contribution in [1.29, 1.82) is 0 Å². The number of nitrogens with zero attached hydrogens (tertiary/aromatic N) is 2. The number of aromatic amines is 1. The maximum atomic E-state index is 13.8. The third-order valence-corrected chi connectivity index (χ3v) is 4.03. The number of hydrogen-bond donors (Lipinski definition) is 3. The van der Waals surface area contributed by atoms with Gasteiger partial charge in [-0.15, -0.1) is 0 Å². The predicted molar refractivity (Wildman–Crippen MR) is 83.2 cm³/mol. The number of carbonyl (C=O) groups is 1. The Morgan fingerprint density at radius 3 is 2.65 bits per heavy atom. The van der Waals surface area contributed by atoms with Crippen LogP contribution in [-0.4, -0.2) is 21.1 Å². The molecule has 23 heavy (non-hydrogen) atoms. The number of rotatable bonds is 3. The molecular weight excluding hydrogens is 324 g/mol. The monoisotopic (exact) mass is 335 g/mol. The van der Waals surface area contributed by atoms with Gasteiger partial charge in [0.25, 0.3) is 5.91 Å². The highest BCUT2D eigenvalue weighted by molar-refractivity contribution is 7.19. The number of thiazole rings is 1. The number of anilines is 2. The summed E-state index contributed by atoms with van der Waals surface area (Å²) in [6.07, 6.45) is 1.44. The van der Waals surface area contributed by atoms with Crippen molar-refractivity contribution in [2.45, 2.75) is 6.92 Å². The van der Waals surface area contributed by atoms with Crippen LogP contribution < -0.4 is 11.1 Å². The van der Waals surface area contributed by atoms with Gasteiger partial charge >= 0.3 is 0 Å². The van der Waals surface area contributed by atoms with Gasteiger partial charge in [-0.2, -0.15) is 5.10 Å². The molecular formula is C14H11F2N5OS. The number of nitrogen functional groups attached to an aromatic ring is 1. The predicted octanol–water partition coefficient (Wildman–Crippen LogP) is 2.95. The van der Waals surface area contributed by atoms with E-state index in [1.54, 1.807) is 6.92 Å². The van der Waals surface area contributed by atoms with Gasteiger partial charge in [0.05, 0.1) is 23.1 Å². The summed E-state index contributed by atoms with van der Waals surface area (Å²) >= 11 is 0.843. The van der Waals surface area contributed by atoms with Crippen LogP contribution in [0.5, 0.6) is 0 Å². The number of aromatic nitrogens is 3. The lowest BCUT2D eigenvalue weighted by atomic mass is 10.2. The Balaban J connectivity index is 1.95. The fraction of sp³-hybridized carbons (Fsp3) is 0.0714. The van der Waals surface area contributed by atoms with Crippen LogP contribution in [0.1, 0.15) is 16.2 Å². The van der Waals surface area contributed by atoms with E-state index in [4.69, 9.17) is 5.73 Å². The second kappa shape index (κ2) is 5.76. The number of nitrogens with one attached hydrogen (secondary N) is 2. The zero-order chi connectivity index (χ0) is 16.6. The number of hydrogen-bond acceptors (Lipinski definition) is 5. The maximum absolute atomic E-state index is 13.8. The lowest BCUT2D eigenvalue weighted by molar-refractivity contribution is 0.102. The first-order chi connectivity index (χ1) is 11.0. The van der Waals surface area contributed by atoms with E-state index in [2.05, 4.69) is 20.5 Å². The molecule has 3 aromatic rings. The van der Waals surface area contributed by atoms with E-state index in [1.807, 2.05) is 0 Å². The molecule has 0 atom stereocenters. The Morgan fingerprint density at radius 2 is 2.04 bits per heavy atom. The van der Waals surface area contributed by atoms with Gasteiger partial charge in [0.1, 0.15) is 21.6 Å². The summed E-state index contributed by atoms with van der Waals surface area (Å²) in [5.74, 6) is -2.11. The fourth-order valence-corrected chi connectivity index (χ4v) is 2.84. The topological polar surface area (TPSA) is 96.7 Å². The molecule has 0 unspecified atom stereocenters. The number of H-pyrrole nitrogens is 1. The highest BCUT2D eigenvalue weighted by atomic mass is 32.1. The molecule has 6 nitrogen and oxygen atoms in total. The Labute approximate surface area is 133 Å². The van der Waals surface area contributed by atoms with Crippen LogP contribution in [0.25, 0.3) is 10.6 Å². The standard InChI is InChI=1S/C14H11F2N5OS/c1-6-9(5-18-21-6)19-13(22)11-12(17)23-14(20-11)10-7(15)3-2-4-8(10)16/h2-5H,17H2,1H3,(H,18,21)(H,19,22). The first-order valence-electron chi connectivity index (χ1n) is 6.49. The van der Waals surface area contributed by atoms with E-state index < -0.39 is 17.5 Å². The molecule has 0 aliphatic carbocycles. The number of benzene rings is 1. The van der Waals surface area contributed by atoms with Crippen LogP contribution in [0, 0.1) is 18.6 Å². The van der Waals surface area contributed by atoms with Crippen LogP contribution in [0.3, 0.4) is 0 Å². The maximum Gasteiger partial charge on any atom is 0.277 e. The minimum Gasteiger partial charge on any atom is -0.389 e. The Bertz CT molecular complexity index is 869. The average Bonchev–Trinajstić information content (AvgIpc) is 3.05. The van der Waals surface area contributed by atoms with E-state index in [9.17, 15) is 13.6 Å². The molecule has 0 aliphatic heterocycles. The average molecular weight is 335 g/mol. The molecule has 2 heterocycles. The van der Waals surface area contributed by atoms with E-state index in [-0.39, 0.29) is 21.3 Å². The van der Waals surface area contributed by atoms with Crippen LogP contribution >= 0.6 is 11.3 Å². The van der Waals surface area contributed by atoms with Crippen molar-refractivity contribution < 1.29 is 13.6 Å². The van der Waals surface area contributed by atoms with Gasteiger partial charge in [0.2, 0.25) is 0 Å². The lowest BCUT2D eigenvalue weighted by Crippen LogP contribution is -2.14. The SMILES string of the molecule is Cc1[nH]ncc1NC(=O)c1nc(-c2c(F)cccc2F)sc1N. The van der Waals surface area contributed by atoms with Gasteiger partial charge in [-0.25, -0.2) is 13.8 Å². The van der Waals surface area contributed by atoms with E-state index >= 15 is 0 Å². The number of amides is 1. The van der Waals surface area contributed by atoms with Crippen molar-refractivity contribution in [2.24, 2.45) is 0 Å². The van der Waals surface area contributed by atoms with Crippen molar-refractivity contribution in [2.75, 3.05) is 11.1 Å². The summed E-state index contributed by atoms with van der Waals surface area (Å²) < 4.78 is 27.6. The molecule has 3 rings (SSSR count). The summed E-state index contributed by atoms with van der Waals surface area (Å²) in [4.78, 5) is 16.2. The summed E-state index contributed by atoms with van der Waals surface area (Å²) in [7, 11) is 0. The first kappa shape index (κ1) is 15.1. The van der Waals surface area contributed by atoms with Gasteiger partial charge in [0.15, 0.2) is 5.69 Å². The molecule has 2 aromatic heterocycles. The quantitative estimate of drug-likeness (QED) is 0.685. The minimum atomic E-state index is -0.767. The highest BCUT2D eigenvalue weighted by Crippen LogP contribution is 2.33. The summed E-state index contributed by atoms with van der Waals surface area (Å²) in [6, 6.07) is 3.48. The second-order valence-electron chi connectivity index (χ2n) is 4.69. The fourth-order valence-electron chi connectivity index (χ4n) is 1.96. The molecule has 1 aromatic carbocycles. The van der Waals surface area contributed by atoms with Crippen molar-refractivity contribution in [1.82, 2.24) is 15.2 Å². The molecule has 0 saturated carbocycles. The third kappa shape index (κ3) is 2.78. The van der Waals surface area contributed by atoms with Gasteiger partial charge in [-0.1, -0.05) is 17.4 Å². The molecule has 1 amide bonds. The molecule has 0 radical (unpaired) electrons. The van der Waals surface area contributed by atoms with Crippen LogP contribution in [-0.2, 0) is 0 Å². The van der Waals surface area contributed by atoms with Gasteiger partial charge in [0, 0.05) is 0 Å². The Kier molecular flexibility index (Phi) is 3.78. The molecule has 0 aliphatic rings. The zero-order valence-electron chi connectivity index (χ0n) is 11.9. The second-order valence-corrected chi connectivity index (χ2v) is 5.72. The van der Waals surface area contributed by atoms with Crippen LogP contribution in [0.4, 0.5) is 19.5 Å². The van der Waals surface area contributed by atoms with Crippen LogP contribution in [0.2, 0.25) is 0 Å². The number of nitrogens with two attached hydrogens (primary N) is 1. The highest BCUT2D eigenvalue weighted by Gasteiger charge is 2.21. The lowest BCUT2D eigenvalue weighted by Gasteiger charge is -2.02. The molecule has 0 bridgehead atoms. The number of aryl methyl sites for hydroxylation is 1. The molecule has 0 fully saturated rings. The summed E-state index contributed by atoms with van der Waals surface area (Å²) in [6.45, 7) is 1.73. The van der Waals surface area contributed by atoms with E-state index in [0.29, 0.717) is 11.4 Å². The largest absolute Gasteiger partial charge is 0.389 e. The van der Waals surface area contributed by atoms with Gasteiger partial charge in [-0.05, 0) is 19.1 Å². The summed E-state index contributed by atoms with van der Waals surface area (Å²) in [5.41, 5.74) is 6.51. The third-order valence-electron chi connectivity index (χ3n) is 3.12. The molecule has 118 valence electrons. The van der Waals surface area contributed by atoms with E-state index in [1.165, 1.54) is 12.3 Å². The van der Waals surface area contributed by atoms with Gasteiger partial charge in [-0.3, -0.25) is 9.89 Å². The van der Waals surface area contributed by atoms with Gasteiger partial charge < -0.3 is 11.1 Å². The van der Waals surface area contributed by atoms with Crippen molar-refractivity contribution in [3.63, 3.8) is 0 Å². The Morgan fingerprint density at radius 1 is 1.35 bits per heavy atom. The summed E-state index contributed by atoms with van der Waals surface area (Å²) in [5, 5.41) is 9.11. The molecule has 9 heteroatoms. The van der Waals surface area contributed by atoms with Crippen molar-refractivity contribution in [3.05, 3.63) is 47.4 Å². The normalized spacial score (nSPS) is 10.7. The first-order valence-corrected chi connectivity index (χ1v) is 7.31. The van der Waals surface area contributed by atoms with Crippen LogP contribution in [0.15, 0.2) is 24.4 Å². The number of carbonyl (C=O) groups excluding carboxylic acids is 1. The van der Waals surface area contributed by atoms with E-state index in [0.717, 1.165) is 23.5 Å². The minimum absolute atomic E-state index is 0.00663. The molecule has 0 spiro atoms. The van der Waals surface area contributed by atoms with Crippen molar-refractivity contribution in [3.8, 4) is 10.6 Å².